The van der Waals surface area contributed by atoms with Crippen LogP contribution in [0.1, 0.15) is 91.7 Å². The highest BCUT2D eigenvalue weighted by atomic mass is 35.5. The third-order valence-corrected chi connectivity index (χ3v) is 10.3. The molecule has 1 aromatic rings. The minimum Gasteiger partial charge on any atom is -0.413 e. The molecule has 0 bridgehead atoms. The molecule has 3 unspecified atom stereocenters. The van der Waals surface area contributed by atoms with Gasteiger partial charge in [-0.2, -0.15) is 0 Å². The number of hydrogen-bond acceptors (Lipinski definition) is 3. The van der Waals surface area contributed by atoms with Crippen molar-refractivity contribution in [3.05, 3.63) is 34.3 Å². The van der Waals surface area contributed by atoms with E-state index in [1.54, 1.807) is 0 Å². The van der Waals surface area contributed by atoms with Gasteiger partial charge >= 0.3 is 6.03 Å². The number of amides is 3. The van der Waals surface area contributed by atoms with Crippen molar-refractivity contribution in [1.29, 1.82) is 0 Å². The largest absolute Gasteiger partial charge is 0.413 e. The van der Waals surface area contributed by atoms with E-state index in [2.05, 4.69) is 60.0 Å². The second-order valence-corrected chi connectivity index (χ2v) is 17.9. The molecule has 4 rings (SSSR count). The molecule has 1 aliphatic heterocycles. The Labute approximate surface area is 251 Å². The van der Waals surface area contributed by atoms with Crippen molar-refractivity contribution in [2.75, 3.05) is 0 Å². The molecule has 3 aliphatic rings. The number of carbonyl (C=O) groups is 2. The van der Waals surface area contributed by atoms with Crippen LogP contribution in [0.25, 0.3) is 0 Å². The summed E-state index contributed by atoms with van der Waals surface area (Å²) < 4.78 is 34.1. The Bertz CT molecular complexity index is 1150. The van der Waals surface area contributed by atoms with Crippen LogP contribution in [0, 0.1) is 28.6 Å². The van der Waals surface area contributed by atoms with Crippen LogP contribution in [0.4, 0.5) is 13.6 Å². The number of imide groups is 1. The van der Waals surface area contributed by atoms with Crippen LogP contribution < -0.4 is 5.32 Å². The molecular weight excluding hydrogens is 562 g/mol. The van der Waals surface area contributed by atoms with Gasteiger partial charge in [0.1, 0.15) is 0 Å². The molecule has 2 saturated carbocycles. The number of halogens is 3. The van der Waals surface area contributed by atoms with E-state index in [-0.39, 0.29) is 28.8 Å². The number of alkyl halides is 2. The summed E-state index contributed by atoms with van der Waals surface area (Å²) in [6.45, 7) is 19.3. The first-order chi connectivity index (χ1) is 18.7. The molecule has 229 valence electrons. The van der Waals surface area contributed by atoms with E-state index < -0.39 is 51.3 Å². The Kier molecular flexibility index (Phi) is 8.85. The van der Waals surface area contributed by atoms with Crippen LogP contribution >= 0.6 is 11.6 Å². The average molecular weight is 610 g/mol. The Hall–Kier alpha value is -1.51. The smallest absolute Gasteiger partial charge is 0.325 e. The molecule has 0 aromatic heterocycles. The monoisotopic (exact) mass is 609 g/mol. The van der Waals surface area contributed by atoms with Crippen molar-refractivity contribution in [1.82, 2.24) is 10.2 Å². The molecule has 1 N–H and O–H groups in total. The summed E-state index contributed by atoms with van der Waals surface area (Å²) >= 11 is 6.79. The fraction of sp³-hybridized carbons (Fsp3) is 0.750. The van der Waals surface area contributed by atoms with E-state index in [1.165, 1.54) is 0 Å². The fourth-order valence-corrected chi connectivity index (χ4v) is 8.31. The SMILES string of the molecule is C[Si](C)OC(C1CC(C2C(=O)N(C3CC(F)(F)C3)C(=O)NC2(C)c2ccc(CCC(C)(C)C)c(Cl)c2)C1)C(C)(C)C. The van der Waals surface area contributed by atoms with Gasteiger partial charge in [-0.05, 0) is 85.6 Å². The van der Waals surface area contributed by atoms with Gasteiger partial charge in [-0.3, -0.25) is 9.69 Å². The summed E-state index contributed by atoms with van der Waals surface area (Å²) in [6.07, 6.45) is 2.48. The molecule has 0 spiro atoms. The molecular formula is C32H48ClF2N2O3Si. The van der Waals surface area contributed by atoms with E-state index in [1.807, 2.05) is 25.1 Å². The number of aryl methyl sites for hydroxylation is 1. The maximum atomic E-state index is 14.2. The average Bonchev–Trinajstić information content (AvgIpc) is 2.75. The zero-order chi connectivity index (χ0) is 30.7. The van der Waals surface area contributed by atoms with E-state index in [9.17, 15) is 18.4 Å². The molecule has 2 aliphatic carbocycles. The summed E-state index contributed by atoms with van der Waals surface area (Å²) in [7, 11) is -0.928. The van der Waals surface area contributed by atoms with Crippen molar-refractivity contribution >= 4 is 32.6 Å². The fourth-order valence-electron chi connectivity index (χ4n) is 6.98. The van der Waals surface area contributed by atoms with Crippen LogP contribution in [0.2, 0.25) is 18.1 Å². The number of rotatable bonds is 8. The predicted molar refractivity (Wildman–Crippen MR) is 161 cm³/mol. The van der Waals surface area contributed by atoms with Crippen molar-refractivity contribution in [2.45, 2.75) is 124 Å². The Morgan fingerprint density at radius 3 is 2.22 bits per heavy atom. The van der Waals surface area contributed by atoms with Gasteiger partial charge in [-0.1, -0.05) is 65.3 Å². The Morgan fingerprint density at radius 2 is 1.73 bits per heavy atom. The van der Waals surface area contributed by atoms with Gasteiger partial charge in [0.15, 0.2) is 0 Å². The second-order valence-electron chi connectivity index (χ2n) is 15.4. The number of carbonyl (C=O) groups excluding carboxylic acids is 2. The number of nitrogens with zero attached hydrogens (tertiary/aromatic N) is 1. The highest BCUT2D eigenvalue weighted by Crippen LogP contribution is 2.53. The van der Waals surface area contributed by atoms with E-state index >= 15 is 0 Å². The molecule has 1 saturated heterocycles. The van der Waals surface area contributed by atoms with Crippen LogP contribution in [-0.4, -0.2) is 43.9 Å². The minimum absolute atomic E-state index is 0.0154. The first kappa shape index (κ1) is 32.4. The van der Waals surface area contributed by atoms with Crippen molar-refractivity contribution in [3.8, 4) is 0 Å². The molecule has 1 aromatic carbocycles. The maximum Gasteiger partial charge on any atom is 0.325 e. The Morgan fingerprint density at radius 1 is 1.12 bits per heavy atom. The summed E-state index contributed by atoms with van der Waals surface area (Å²) in [5.41, 5.74) is 0.902. The highest BCUT2D eigenvalue weighted by molar-refractivity contribution is 6.48. The normalized spacial score (nSPS) is 29.7. The third kappa shape index (κ3) is 6.85. The van der Waals surface area contributed by atoms with Crippen molar-refractivity contribution in [2.24, 2.45) is 28.6 Å². The number of nitrogens with one attached hydrogen (secondary N) is 1. The van der Waals surface area contributed by atoms with Crippen LogP contribution in [0.15, 0.2) is 18.2 Å². The van der Waals surface area contributed by atoms with Crippen LogP contribution in [-0.2, 0) is 21.2 Å². The molecule has 5 nitrogen and oxygen atoms in total. The zero-order valence-electron chi connectivity index (χ0n) is 26.2. The number of benzene rings is 1. The lowest BCUT2D eigenvalue weighted by atomic mass is 9.57. The quantitative estimate of drug-likeness (QED) is 0.302. The maximum absolute atomic E-state index is 14.2. The summed E-state index contributed by atoms with van der Waals surface area (Å²) in [6, 6.07) is 4.48. The van der Waals surface area contributed by atoms with Crippen molar-refractivity contribution in [3.63, 3.8) is 0 Å². The molecule has 3 atom stereocenters. The molecule has 3 amide bonds. The Balaban J connectivity index is 1.65. The molecule has 9 heteroatoms. The predicted octanol–water partition coefficient (Wildman–Crippen LogP) is 8.21. The van der Waals surface area contributed by atoms with Gasteiger partial charge in [0.05, 0.1) is 23.6 Å². The van der Waals surface area contributed by atoms with Crippen LogP contribution in [0.3, 0.4) is 0 Å². The standard InChI is InChI=1S/C32H48ClF2N2O3Si/c1-29(2,3)13-12-19-10-11-22(16-24(19)33)31(7)25(20-14-21(15-20)26(30(4,5)6)40-41(8)9)27(38)37(28(39)36-31)23-17-32(34,35)18-23/h10-11,16,20-21,23,25-26H,12-15,17-18H2,1-9H3,(H,36,39). The molecule has 3 fully saturated rings. The molecule has 1 radical (unpaired) electrons. The van der Waals surface area contributed by atoms with Crippen LogP contribution in [0.5, 0.6) is 0 Å². The summed E-state index contributed by atoms with van der Waals surface area (Å²) in [4.78, 5) is 28.7. The lowest BCUT2D eigenvalue weighted by Gasteiger charge is -2.56. The van der Waals surface area contributed by atoms with E-state index in [4.69, 9.17) is 16.0 Å². The van der Waals surface area contributed by atoms with Gasteiger partial charge in [0.2, 0.25) is 14.9 Å². The van der Waals surface area contributed by atoms with Gasteiger partial charge < -0.3 is 9.74 Å². The first-order valence-electron chi connectivity index (χ1n) is 15.0. The second kappa shape index (κ2) is 11.2. The lowest BCUT2D eigenvalue weighted by Crippen LogP contribution is -2.71. The highest BCUT2D eigenvalue weighted by Gasteiger charge is 2.60. The third-order valence-electron chi connectivity index (χ3n) is 9.27. The lowest BCUT2D eigenvalue weighted by molar-refractivity contribution is -0.162. The van der Waals surface area contributed by atoms with Gasteiger partial charge in [-0.25, -0.2) is 13.6 Å². The van der Waals surface area contributed by atoms with E-state index in [0.717, 1.165) is 41.7 Å². The molecule has 41 heavy (non-hydrogen) atoms. The topological polar surface area (TPSA) is 58.6 Å². The zero-order valence-corrected chi connectivity index (χ0v) is 27.9. The number of urea groups is 1. The summed E-state index contributed by atoms with van der Waals surface area (Å²) in [5.74, 6) is -3.50. The van der Waals surface area contributed by atoms with Gasteiger partial charge in [0, 0.05) is 17.9 Å². The van der Waals surface area contributed by atoms with Gasteiger partial charge in [0.25, 0.3) is 5.92 Å². The number of hydrogen-bond donors (Lipinski definition) is 1. The van der Waals surface area contributed by atoms with E-state index in [0.29, 0.717) is 10.9 Å². The van der Waals surface area contributed by atoms with Gasteiger partial charge in [-0.15, -0.1) is 0 Å². The first-order valence-corrected chi connectivity index (χ1v) is 17.8. The summed E-state index contributed by atoms with van der Waals surface area (Å²) in [5, 5.41) is 3.72. The minimum atomic E-state index is -2.84. The molecule has 1 heterocycles. The van der Waals surface area contributed by atoms with Crippen molar-refractivity contribution < 1.29 is 22.8 Å².